The first-order valence-corrected chi connectivity index (χ1v) is 3.74. The molecule has 0 fully saturated rings. The zero-order chi connectivity index (χ0) is 8.55. The highest BCUT2D eigenvalue weighted by molar-refractivity contribution is 6.15. The first-order chi connectivity index (χ1) is 5.83. The van der Waals surface area contributed by atoms with Crippen molar-refractivity contribution in [2.75, 3.05) is 6.54 Å². The second kappa shape index (κ2) is 3.68. The number of hydrogen-bond donors (Lipinski definition) is 1. The van der Waals surface area contributed by atoms with E-state index in [-0.39, 0.29) is 24.9 Å². The predicted molar refractivity (Wildman–Crippen MR) is 51.9 cm³/mol. The Bertz CT molecular complexity index is 453. The van der Waals surface area contributed by atoms with Gasteiger partial charge in [0.15, 0.2) is 0 Å². The van der Waals surface area contributed by atoms with Gasteiger partial charge in [0.05, 0.1) is 5.36 Å². The molecule has 4 heteroatoms. The molecular formula is C9H9ClN2O. The average molecular weight is 197 g/mol. The lowest BCUT2D eigenvalue weighted by Crippen LogP contribution is -2.24. The van der Waals surface area contributed by atoms with Gasteiger partial charge < -0.3 is 5.73 Å². The van der Waals surface area contributed by atoms with Crippen LogP contribution in [0.15, 0.2) is 29.3 Å². The van der Waals surface area contributed by atoms with Crippen molar-refractivity contribution < 1.29 is 4.79 Å². The number of hydrogen-bond acceptors (Lipinski definition) is 2. The third-order valence-corrected chi connectivity index (χ3v) is 1.91. The van der Waals surface area contributed by atoms with Gasteiger partial charge >= 0.3 is 0 Å². The fourth-order valence-electron chi connectivity index (χ4n) is 1.32. The van der Waals surface area contributed by atoms with Gasteiger partial charge in [-0.1, -0.05) is 18.2 Å². The largest absolute Gasteiger partial charge is 0.326 e. The molecule has 0 aliphatic carbocycles. The van der Waals surface area contributed by atoms with Crippen molar-refractivity contribution in [3.63, 3.8) is 0 Å². The first-order valence-electron chi connectivity index (χ1n) is 3.74. The molecule has 68 valence electrons. The van der Waals surface area contributed by atoms with Crippen LogP contribution < -0.4 is 16.3 Å². The third-order valence-electron chi connectivity index (χ3n) is 1.91. The minimum absolute atomic E-state index is 0. The van der Waals surface area contributed by atoms with Gasteiger partial charge in [0.25, 0.3) is 5.91 Å². The Kier molecular flexibility index (Phi) is 2.80. The van der Waals surface area contributed by atoms with Crippen molar-refractivity contribution in [2.24, 2.45) is 10.7 Å². The maximum atomic E-state index is 11.2. The van der Waals surface area contributed by atoms with Crippen LogP contribution in [0.2, 0.25) is 0 Å². The van der Waals surface area contributed by atoms with Crippen molar-refractivity contribution in [1.82, 2.24) is 0 Å². The number of fused-ring (bicyclic) bond motifs is 1. The lowest BCUT2D eigenvalue weighted by atomic mass is 10.2. The summed E-state index contributed by atoms with van der Waals surface area (Å²) in [5, 5.41) is 1.62. The molecule has 3 nitrogen and oxygen atoms in total. The fourth-order valence-corrected chi connectivity index (χ4v) is 1.32. The molecule has 1 amide bonds. The van der Waals surface area contributed by atoms with Crippen molar-refractivity contribution in [3.05, 3.63) is 34.8 Å². The van der Waals surface area contributed by atoms with E-state index in [0.29, 0.717) is 5.57 Å². The standard InChI is InChI=1S/C9H8N2O.ClH/c10-5-7-6-3-1-2-4-8(6)11-9(7)12;/h1-4H,5,10H2;1H. The molecule has 0 saturated heterocycles. The van der Waals surface area contributed by atoms with Crippen LogP contribution in [0.1, 0.15) is 0 Å². The lowest BCUT2D eigenvalue weighted by Gasteiger charge is -1.90. The number of rotatable bonds is 1. The van der Waals surface area contributed by atoms with Crippen LogP contribution in [0.3, 0.4) is 0 Å². The molecule has 1 aliphatic heterocycles. The van der Waals surface area contributed by atoms with E-state index in [2.05, 4.69) is 4.99 Å². The summed E-state index contributed by atoms with van der Waals surface area (Å²) >= 11 is 0. The van der Waals surface area contributed by atoms with Gasteiger partial charge in [-0.3, -0.25) is 4.79 Å². The molecule has 2 N–H and O–H groups in total. The van der Waals surface area contributed by atoms with E-state index in [1.807, 2.05) is 24.3 Å². The molecule has 0 unspecified atom stereocenters. The molecule has 0 saturated carbocycles. The summed E-state index contributed by atoms with van der Waals surface area (Å²) in [5.74, 6) is -0.196. The van der Waals surface area contributed by atoms with Gasteiger partial charge in [0.1, 0.15) is 0 Å². The van der Waals surface area contributed by atoms with Crippen LogP contribution in [0.25, 0.3) is 5.57 Å². The summed E-state index contributed by atoms with van der Waals surface area (Å²) in [4.78, 5) is 15.0. The maximum absolute atomic E-state index is 11.2. The number of para-hydroxylation sites is 1. The second-order valence-electron chi connectivity index (χ2n) is 2.62. The summed E-state index contributed by atoms with van der Waals surface area (Å²) in [6, 6.07) is 7.42. The van der Waals surface area contributed by atoms with Crippen molar-refractivity contribution in [2.45, 2.75) is 0 Å². The van der Waals surface area contributed by atoms with E-state index in [0.717, 1.165) is 10.6 Å². The van der Waals surface area contributed by atoms with E-state index in [1.165, 1.54) is 0 Å². The highest BCUT2D eigenvalue weighted by Gasteiger charge is 2.12. The van der Waals surface area contributed by atoms with Crippen molar-refractivity contribution >= 4 is 23.9 Å². The van der Waals surface area contributed by atoms with Gasteiger partial charge in [-0.25, -0.2) is 4.99 Å². The van der Waals surface area contributed by atoms with E-state index in [4.69, 9.17) is 5.73 Å². The Morgan fingerprint density at radius 3 is 2.69 bits per heavy atom. The number of benzene rings is 1. The summed E-state index contributed by atoms with van der Waals surface area (Å²) in [7, 11) is 0. The quantitative estimate of drug-likeness (QED) is 0.651. The molecule has 2 rings (SSSR count). The van der Waals surface area contributed by atoms with E-state index < -0.39 is 0 Å². The van der Waals surface area contributed by atoms with Crippen LogP contribution >= 0.6 is 12.4 Å². The lowest BCUT2D eigenvalue weighted by molar-refractivity contribution is -0.112. The minimum Gasteiger partial charge on any atom is -0.326 e. The van der Waals surface area contributed by atoms with Crippen molar-refractivity contribution in [3.8, 4) is 0 Å². The topological polar surface area (TPSA) is 55.4 Å². The Labute approximate surface area is 81.4 Å². The molecule has 1 aromatic carbocycles. The molecule has 0 radical (unpaired) electrons. The SMILES string of the molecule is Cl.NCC1=c2ccccc2=NC1=O. The summed E-state index contributed by atoms with van der Waals surface area (Å²) in [6.45, 7) is 0.263. The molecule has 13 heavy (non-hydrogen) atoms. The molecule has 1 heterocycles. The number of halogens is 1. The monoisotopic (exact) mass is 196 g/mol. The molecule has 0 atom stereocenters. The Balaban J connectivity index is 0.000000845. The number of carbonyl (C=O) groups excluding carboxylic acids is 1. The molecule has 1 aliphatic rings. The van der Waals surface area contributed by atoms with Crippen LogP contribution in [0.5, 0.6) is 0 Å². The van der Waals surface area contributed by atoms with Gasteiger partial charge in [-0.05, 0) is 6.07 Å². The zero-order valence-corrected chi connectivity index (χ0v) is 7.67. The predicted octanol–water partition coefficient (Wildman–Crippen LogP) is -0.622. The third kappa shape index (κ3) is 1.48. The van der Waals surface area contributed by atoms with Crippen LogP contribution in [-0.2, 0) is 4.79 Å². The highest BCUT2D eigenvalue weighted by Crippen LogP contribution is 1.96. The Morgan fingerprint density at radius 2 is 2.00 bits per heavy atom. The summed E-state index contributed by atoms with van der Waals surface area (Å²) < 4.78 is 0. The van der Waals surface area contributed by atoms with Gasteiger partial charge in [-0.2, -0.15) is 0 Å². The number of carbonyl (C=O) groups is 1. The number of nitrogens with zero attached hydrogens (tertiary/aromatic N) is 1. The van der Waals surface area contributed by atoms with Crippen molar-refractivity contribution in [1.29, 1.82) is 0 Å². The first kappa shape index (κ1) is 9.89. The second-order valence-corrected chi connectivity index (χ2v) is 2.62. The number of nitrogens with two attached hydrogens (primary N) is 1. The average Bonchev–Trinajstić information content (AvgIpc) is 2.40. The van der Waals surface area contributed by atoms with Crippen LogP contribution in [0.4, 0.5) is 0 Å². The molecule has 0 aromatic heterocycles. The minimum atomic E-state index is -0.196. The Hall–Kier alpha value is -1.19. The molecule has 1 aromatic rings. The fraction of sp³-hybridized carbons (Fsp3) is 0.111. The normalized spacial score (nSPS) is 13.3. The van der Waals surface area contributed by atoms with Crippen LogP contribution in [-0.4, -0.2) is 12.5 Å². The van der Waals surface area contributed by atoms with Gasteiger partial charge in [-0.15, -0.1) is 12.4 Å². The van der Waals surface area contributed by atoms with E-state index in [9.17, 15) is 4.79 Å². The van der Waals surface area contributed by atoms with Gasteiger partial charge in [0.2, 0.25) is 0 Å². The smallest absolute Gasteiger partial charge is 0.275 e. The maximum Gasteiger partial charge on any atom is 0.275 e. The zero-order valence-electron chi connectivity index (χ0n) is 6.86. The summed E-state index contributed by atoms with van der Waals surface area (Å²) in [6.07, 6.45) is 0. The highest BCUT2D eigenvalue weighted by atomic mass is 35.5. The summed E-state index contributed by atoms with van der Waals surface area (Å²) in [5.41, 5.74) is 6.04. The Morgan fingerprint density at radius 1 is 1.31 bits per heavy atom. The molecular weight excluding hydrogens is 188 g/mol. The van der Waals surface area contributed by atoms with Gasteiger partial charge in [0, 0.05) is 17.3 Å². The van der Waals surface area contributed by atoms with E-state index in [1.54, 1.807) is 0 Å². The molecule has 0 spiro atoms. The molecule has 0 bridgehead atoms. The number of amides is 1. The van der Waals surface area contributed by atoms with Crippen LogP contribution in [0, 0.1) is 0 Å². The van der Waals surface area contributed by atoms with E-state index >= 15 is 0 Å².